The van der Waals surface area contributed by atoms with Crippen molar-refractivity contribution in [3.05, 3.63) is 82.9 Å². The van der Waals surface area contributed by atoms with Crippen LogP contribution < -0.4 is 4.74 Å². The van der Waals surface area contributed by atoms with Gasteiger partial charge in [-0.3, -0.25) is 9.58 Å². The third kappa shape index (κ3) is 3.93. The predicted octanol–water partition coefficient (Wildman–Crippen LogP) is 3.52. The monoisotopic (exact) mass is 381 g/mol. The standard InChI is InChI=1S/C22H24FN3O2/c1-28-21-12-16(8-9-19(21)23)14-25-10-5-11-26-18(15-25)13-20(24-26)22(27)17-6-3-2-4-7-17/h2-4,6-9,12-13,22,27H,5,10-11,14-15H2,1H3. The zero-order valence-electron chi connectivity index (χ0n) is 15.9. The van der Waals surface area contributed by atoms with Crippen LogP contribution in [0.15, 0.2) is 54.6 Å². The molecule has 146 valence electrons. The van der Waals surface area contributed by atoms with E-state index in [1.165, 1.54) is 13.2 Å². The first-order chi connectivity index (χ1) is 13.6. The Labute approximate surface area is 164 Å². The average molecular weight is 381 g/mol. The Bertz CT molecular complexity index is 942. The smallest absolute Gasteiger partial charge is 0.165 e. The van der Waals surface area contributed by atoms with Gasteiger partial charge in [-0.1, -0.05) is 36.4 Å². The lowest BCUT2D eigenvalue weighted by Gasteiger charge is -2.20. The Morgan fingerprint density at radius 1 is 1.14 bits per heavy atom. The summed E-state index contributed by atoms with van der Waals surface area (Å²) in [5.41, 5.74) is 3.60. The summed E-state index contributed by atoms with van der Waals surface area (Å²) in [6.45, 7) is 3.19. The fourth-order valence-corrected chi connectivity index (χ4v) is 3.69. The van der Waals surface area contributed by atoms with Crippen LogP contribution >= 0.6 is 0 Å². The molecule has 4 rings (SSSR count). The molecule has 1 aliphatic rings. The van der Waals surface area contributed by atoms with Gasteiger partial charge in [0.1, 0.15) is 6.10 Å². The molecule has 5 nitrogen and oxygen atoms in total. The minimum atomic E-state index is -0.726. The highest BCUT2D eigenvalue weighted by Gasteiger charge is 2.21. The maximum absolute atomic E-state index is 13.7. The largest absolute Gasteiger partial charge is 0.494 e. The van der Waals surface area contributed by atoms with Gasteiger partial charge in [-0.2, -0.15) is 5.10 Å². The number of methoxy groups -OCH3 is 1. The van der Waals surface area contributed by atoms with E-state index in [4.69, 9.17) is 4.74 Å². The van der Waals surface area contributed by atoms with Crippen LogP contribution in [0.2, 0.25) is 0 Å². The number of ether oxygens (including phenoxy) is 1. The topological polar surface area (TPSA) is 50.5 Å². The molecule has 0 radical (unpaired) electrons. The molecular formula is C22H24FN3O2. The SMILES string of the molecule is COc1cc(CN2CCCn3nc(C(O)c4ccccc4)cc3C2)ccc1F. The molecule has 0 bridgehead atoms. The summed E-state index contributed by atoms with van der Waals surface area (Å²) in [5.74, 6) is -0.0784. The van der Waals surface area contributed by atoms with E-state index in [0.717, 1.165) is 42.9 Å². The van der Waals surface area contributed by atoms with Crippen molar-refractivity contribution in [2.75, 3.05) is 13.7 Å². The van der Waals surface area contributed by atoms with Gasteiger partial charge in [0.05, 0.1) is 18.5 Å². The van der Waals surface area contributed by atoms with Crippen molar-refractivity contribution in [3.63, 3.8) is 0 Å². The molecule has 0 spiro atoms. The number of nitrogens with zero attached hydrogens (tertiary/aromatic N) is 3. The second-order valence-corrected chi connectivity index (χ2v) is 7.13. The number of rotatable bonds is 5. The van der Waals surface area contributed by atoms with Crippen LogP contribution in [0.5, 0.6) is 5.75 Å². The van der Waals surface area contributed by atoms with E-state index in [1.54, 1.807) is 12.1 Å². The number of aliphatic hydroxyl groups excluding tert-OH is 1. The first-order valence-corrected chi connectivity index (χ1v) is 9.48. The second-order valence-electron chi connectivity index (χ2n) is 7.13. The predicted molar refractivity (Wildman–Crippen MR) is 104 cm³/mol. The number of aromatic nitrogens is 2. The molecular weight excluding hydrogens is 357 g/mol. The highest BCUT2D eigenvalue weighted by atomic mass is 19.1. The van der Waals surface area contributed by atoms with Gasteiger partial charge in [0, 0.05) is 26.2 Å². The summed E-state index contributed by atoms with van der Waals surface area (Å²) in [5, 5.41) is 15.3. The van der Waals surface area contributed by atoms with Gasteiger partial charge in [-0.05, 0) is 35.7 Å². The van der Waals surface area contributed by atoms with Gasteiger partial charge in [0.15, 0.2) is 11.6 Å². The Morgan fingerprint density at radius 2 is 1.96 bits per heavy atom. The van der Waals surface area contributed by atoms with E-state index in [-0.39, 0.29) is 11.6 Å². The molecule has 0 saturated carbocycles. The molecule has 0 saturated heterocycles. The molecule has 0 aliphatic carbocycles. The summed E-state index contributed by atoms with van der Waals surface area (Å²) >= 11 is 0. The lowest BCUT2D eigenvalue weighted by Crippen LogP contribution is -2.22. The van der Waals surface area contributed by atoms with E-state index >= 15 is 0 Å². The maximum atomic E-state index is 13.7. The van der Waals surface area contributed by atoms with Crippen LogP contribution in [0.4, 0.5) is 4.39 Å². The third-order valence-electron chi connectivity index (χ3n) is 5.13. The molecule has 2 aromatic carbocycles. The van der Waals surface area contributed by atoms with Gasteiger partial charge in [0.2, 0.25) is 0 Å². The molecule has 1 unspecified atom stereocenters. The number of aliphatic hydroxyl groups is 1. The number of hydrogen-bond acceptors (Lipinski definition) is 4. The number of hydrogen-bond donors (Lipinski definition) is 1. The highest BCUT2D eigenvalue weighted by molar-refractivity contribution is 5.30. The van der Waals surface area contributed by atoms with Crippen LogP contribution in [0.25, 0.3) is 0 Å². The first kappa shape index (κ1) is 18.7. The van der Waals surface area contributed by atoms with Crippen molar-refractivity contribution >= 4 is 0 Å². The minimum absolute atomic E-state index is 0.269. The fraction of sp³-hybridized carbons (Fsp3) is 0.318. The summed E-state index contributed by atoms with van der Waals surface area (Å²) in [6, 6.07) is 16.6. The van der Waals surface area contributed by atoms with E-state index in [1.807, 2.05) is 41.1 Å². The second kappa shape index (κ2) is 8.12. The number of aryl methyl sites for hydroxylation is 1. The van der Waals surface area contributed by atoms with Crippen LogP contribution in [-0.2, 0) is 19.6 Å². The molecule has 0 amide bonds. The molecule has 28 heavy (non-hydrogen) atoms. The normalized spacial score (nSPS) is 15.7. The van der Waals surface area contributed by atoms with E-state index in [9.17, 15) is 9.50 Å². The van der Waals surface area contributed by atoms with Gasteiger partial charge in [0.25, 0.3) is 0 Å². The molecule has 1 aromatic heterocycles. The molecule has 6 heteroatoms. The number of benzene rings is 2. The van der Waals surface area contributed by atoms with Crippen molar-refractivity contribution in [3.8, 4) is 5.75 Å². The van der Waals surface area contributed by atoms with Crippen LogP contribution in [0.1, 0.15) is 35.0 Å². The van der Waals surface area contributed by atoms with E-state index in [0.29, 0.717) is 12.2 Å². The van der Waals surface area contributed by atoms with Crippen molar-refractivity contribution in [2.45, 2.75) is 32.2 Å². The highest BCUT2D eigenvalue weighted by Crippen LogP contribution is 2.25. The van der Waals surface area contributed by atoms with Gasteiger partial charge in [-0.15, -0.1) is 0 Å². The Balaban J connectivity index is 1.51. The zero-order valence-corrected chi connectivity index (χ0v) is 15.9. The zero-order chi connectivity index (χ0) is 19.5. The summed E-state index contributed by atoms with van der Waals surface area (Å²) in [4.78, 5) is 2.31. The molecule has 0 fully saturated rings. The fourth-order valence-electron chi connectivity index (χ4n) is 3.69. The summed E-state index contributed by atoms with van der Waals surface area (Å²) in [7, 11) is 1.48. The average Bonchev–Trinajstić information content (AvgIpc) is 3.02. The Kier molecular flexibility index (Phi) is 5.41. The van der Waals surface area contributed by atoms with E-state index in [2.05, 4.69) is 10.00 Å². The maximum Gasteiger partial charge on any atom is 0.165 e. The third-order valence-corrected chi connectivity index (χ3v) is 5.13. The van der Waals surface area contributed by atoms with Crippen molar-refractivity contribution in [1.29, 1.82) is 0 Å². The summed E-state index contributed by atoms with van der Waals surface area (Å²) < 4.78 is 20.7. The molecule has 1 N–H and O–H groups in total. The van der Waals surface area contributed by atoms with Crippen molar-refractivity contribution < 1.29 is 14.2 Å². The number of halogens is 1. The Hall–Kier alpha value is -2.70. The quantitative estimate of drug-likeness (QED) is 0.735. The molecule has 1 aliphatic heterocycles. The van der Waals surface area contributed by atoms with Gasteiger partial charge in [-0.25, -0.2) is 4.39 Å². The van der Waals surface area contributed by atoms with Crippen molar-refractivity contribution in [1.82, 2.24) is 14.7 Å². The lowest BCUT2D eigenvalue weighted by molar-refractivity contribution is 0.213. The lowest BCUT2D eigenvalue weighted by atomic mass is 10.1. The minimum Gasteiger partial charge on any atom is -0.494 e. The van der Waals surface area contributed by atoms with Crippen molar-refractivity contribution in [2.24, 2.45) is 0 Å². The molecule has 1 atom stereocenters. The van der Waals surface area contributed by atoms with Crippen LogP contribution in [0.3, 0.4) is 0 Å². The van der Waals surface area contributed by atoms with E-state index < -0.39 is 6.10 Å². The summed E-state index contributed by atoms with van der Waals surface area (Å²) in [6.07, 6.45) is 0.240. The van der Waals surface area contributed by atoms with Gasteiger partial charge < -0.3 is 9.84 Å². The molecule has 3 aromatic rings. The first-order valence-electron chi connectivity index (χ1n) is 9.48. The van der Waals surface area contributed by atoms with Crippen LogP contribution in [0, 0.1) is 5.82 Å². The van der Waals surface area contributed by atoms with Gasteiger partial charge >= 0.3 is 0 Å². The van der Waals surface area contributed by atoms with Crippen LogP contribution in [-0.4, -0.2) is 33.4 Å². The Morgan fingerprint density at radius 3 is 2.75 bits per heavy atom. The molecule has 2 heterocycles. The number of fused-ring (bicyclic) bond motifs is 1.